The number of nitrogens with zero attached hydrogens (tertiary/aromatic N) is 2. The van der Waals surface area contributed by atoms with Crippen LogP contribution in [0.1, 0.15) is 29.7 Å². The second kappa shape index (κ2) is 12.5. The summed E-state index contributed by atoms with van der Waals surface area (Å²) in [6.07, 6.45) is -0.613. The van der Waals surface area contributed by atoms with Crippen molar-refractivity contribution in [2.75, 3.05) is 30.4 Å². The minimum atomic E-state index is -0.989. The maximum absolute atomic E-state index is 12.7. The lowest BCUT2D eigenvalue weighted by Gasteiger charge is -2.29. The van der Waals surface area contributed by atoms with E-state index in [1.807, 2.05) is 60.7 Å². The zero-order chi connectivity index (χ0) is 26.2. The van der Waals surface area contributed by atoms with Gasteiger partial charge in [-0.15, -0.1) is 16.7 Å². The fraction of sp³-hybridized carbons (Fsp3) is 0.286. The van der Waals surface area contributed by atoms with Crippen LogP contribution in [0.3, 0.4) is 0 Å². The van der Waals surface area contributed by atoms with Crippen molar-refractivity contribution in [1.82, 2.24) is 0 Å². The molecule has 2 unspecified atom stereocenters. The third-order valence-electron chi connectivity index (χ3n) is 6.03. The summed E-state index contributed by atoms with van der Waals surface area (Å²) in [4.78, 5) is 38.2. The fourth-order valence-electron chi connectivity index (χ4n) is 4.20. The summed E-state index contributed by atoms with van der Waals surface area (Å²) in [7, 11) is 0. The Balaban J connectivity index is 1.39. The van der Waals surface area contributed by atoms with E-state index >= 15 is 0 Å². The van der Waals surface area contributed by atoms with Crippen LogP contribution >= 0.6 is 11.8 Å². The smallest absolute Gasteiger partial charge is 0.333 e. The number of carbonyl (C=O) groups excluding carboxylic acids is 1. The molecule has 4 rings (SSSR count). The molecule has 0 aromatic heterocycles. The highest BCUT2D eigenvalue weighted by Gasteiger charge is 2.26. The highest BCUT2D eigenvalue weighted by Crippen LogP contribution is 2.38. The Morgan fingerprint density at radius 2 is 1.84 bits per heavy atom. The highest BCUT2D eigenvalue weighted by atomic mass is 32.2. The van der Waals surface area contributed by atoms with Gasteiger partial charge in [-0.1, -0.05) is 53.7 Å². The Morgan fingerprint density at radius 1 is 1.08 bits per heavy atom. The number of hydrogen-bond donors (Lipinski definition) is 1. The van der Waals surface area contributed by atoms with Gasteiger partial charge in [-0.25, -0.2) is 4.79 Å². The monoisotopic (exact) mass is 520 g/mol. The lowest BCUT2D eigenvalue weighted by Crippen LogP contribution is -2.38. The molecule has 37 heavy (non-hydrogen) atoms. The first-order chi connectivity index (χ1) is 18.0. The van der Waals surface area contributed by atoms with Gasteiger partial charge in [-0.2, -0.15) is 0 Å². The number of carbonyl (C=O) groups is 2. The van der Waals surface area contributed by atoms with Crippen molar-refractivity contribution in [3.8, 4) is 5.75 Å². The third-order valence-corrected chi connectivity index (χ3v) is 7.06. The predicted molar refractivity (Wildman–Crippen MR) is 142 cm³/mol. The van der Waals surface area contributed by atoms with Gasteiger partial charge in [0.05, 0.1) is 18.0 Å². The molecule has 9 heteroatoms. The van der Waals surface area contributed by atoms with Gasteiger partial charge in [0.1, 0.15) is 18.4 Å². The molecule has 0 saturated heterocycles. The molecular weight excluding hydrogens is 492 g/mol. The first-order valence-electron chi connectivity index (χ1n) is 12.0. The summed E-state index contributed by atoms with van der Waals surface area (Å²) in [5.74, 6) is -0.0608. The zero-order valence-corrected chi connectivity index (χ0v) is 21.2. The Hall–Kier alpha value is -3.69. The van der Waals surface area contributed by atoms with Gasteiger partial charge < -0.3 is 19.5 Å². The Morgan fingerprint density at radius 3 is 2.51 bits per heavy atom. The number of carboxylic acids is 1. The van der Waals surface area contributed by atoms with Gasteiger partial charge in [0.15, 0.2) is 6.10 Å². The number of hydrogen-bond acceptors (Lipinski definition) is 7. The predicted octanol–water partition coefficient (Wildman–Crippen LogP) is 5.09. The van der Waals surface area contributed by atoms with Crippen molar-refractivity contribution in [2.24, 2.45) is 5.18 Å². The number of thioether (sulfide) groups is 1. The van der Waals surface area contributed by atoms with Crippen LogP contribution in [-0.2, 0) is 20.7 Å². The summed E-state index contributed by atoms with van der Waals surface area (Å²) >= 11 is 1.45. The second-order valence-corrected chi connectivity index (χ2v) is 9.48. The van der Waals surface area contributed by atoms with Crippen molar-refractivity contribution >= 4 is 29.3 Å². The van der Waals surface area contributed by atoms with E-state index in [0.29, 0.717) is 24.7 Å². The van der Waals surface area contributed by atoms with Gasteiger partial charge in [0, 0.05) is 17.9 Å². The number of anilines is 1. The zero-order valence-electron chi connectivity index (χ0n) is 20.4. The maximum atomic E-state index is 12.7. The lowest BCUT2D eigenvalue weighted by atomic mass is 9.99. The van der Waals surface area contributed by atoms with Crippen LogP contribution in [0.5, 0.6) is 5.75 Å². The molecule has 0 fully saturated rings. The van der Waals surface area contributed by atoms with E-state index < -0.39 is 18.1 Å². The molecule has 8 nitrogen and oxygen atoms in total. The van der Waals surface area contributed by atoms with E-state index in [1.54, 1.807) is 24.0 Å². The molecular formula is C28H28N2O6S. The first-order valence-corrected chi connectivity index (χ1v) is 13.0. The SMILES string of the molecule is CCOC(Cc1ccc(OCCN2C(=O)CSc3cc(C(N=O)c4ccccc4)ccc32)cc1)C(=O)O. The fourth-order valence-corrected chi connectivity index (χ4v) is 5.18. The number of rotatable bonds is 12. The summed E-state index contributed by atoms with van der Waals surface area (Å²) in [5, 5.41) is 12.6. The average Bonchev–Trinajstić information content (AvgIpc) is 2.91. The van der Waals surface area contributed by atoms with E-state index in [-0.39, 0.29) is 18.9 Å². The molecule has 2 atom stereocenters. The van der Waals surface area contributed by atoms with Gasteiger partial charge in [-0.05, 0) is 47.9 Å². The van der Waals surface area contributed by atoms with Crippen LogP contribution in [0, 0.1) is 4.91 Å². The topological polar surface area (TPSA) is 106 Å². The standard InChI is InChI=1S/C28H28N2O6S/c1-2-35-24(28(32)33)16-19-8-11-22(12-9-19)36-15-14-30-23-13-10-21(17-25(23)37-18-26(30)31)27(29-34)20-6-4-3-5-7-20/h3-13,17,24,27H,2,14-16,18H2,1H3,(H,32,33). The van der Waals surface area contributed by atoms with Gasteiger partial charge in [0.25, 0.3) is 0 Å². The molecule has 0 spiro atoms. The normalized spacial score (nSPS) is 14.5. The van der Waals surface area contributed by atoms with E-state index in [2.05, 4.69) is 5.18 Å². The number of ether oxygens (including phenoxy) is 2. The van der Waals surface area contributed by atoms with E-state index in [4.69, 9.17) is 9.47 Å². The van der Waals surface area contributed by atoms with Crippen LogP contribution in [0.4, 0.5) is 5.69 Å². The first kappa shape index (κ1) is 26.4. The minimum Gasteiger partial charge on any atom is -0.492 e. The molecule has 1 N–H and O–H groups in total. The molecule has 3 aromatic carbocycles. The molecule has 192 valence electrons. The molecule has 1 heterocycles. The Labute approximate surface area is 219 Å². The van der Waals surface area contributed by atoms with Crippen LogP contribution < -0.4 is 9.64 Å². The number of nitroso groups, excluding NO2 is 1. The van der Waals surface area contributed by atoms with Crippen LogP contribution in [0.25, 0.3) is 0 Å². The van der Waals surface area contributed by atoms with Crippen molar-refractivity contribution in [3.63, 3.8) is 0 Å². The lowest BCUT2D eigenvalue weighted by molar-refractivity contribution is -0.149. The third kappa shape index (κ3) is 6.55. The quantitative estimate of drug-likeness (QED) is 0.332. The Bertz CT molecular complexity index is 1240. The summed E-state index contributed by atoms with van der Waals surface area (Å²) in [6.45, 7) is 2.75. The molecule has 0 saturated carbocycles. The van der Waals surface area contributed by atoms with Gasteiger partial charge in [0.2, 0.25) is 5.91 Å². The van der Waals surface area contributed by atoms with Crippen molar-refractivity contribution in [3.05, 3.63) is 94.4 Å². The van der Waals surface area contributed by atoms with E-state index in [9.17, 15) is 19.6 Å². The van der Waals surface area contributed by atoms with Crippen molar-refractivity contribution < 1.29 is 24.2 Å². The van der Waals surface area contributed by atoms with Crippen molar-refractivity contribution in [2.45, 2.75) is 30.4 Å². The highest BCUT2D eigenvalue weighted by molar-refractivity contribution is 8.00. The van der Waals surface area contributed by atoms with Crippen LogP contribution in [0.2, 0.25) is 0 Å². The number of fused-ring (bicyclic) bond motifs is 1. The van der Waals surface area contributed by atoms with Crippen molar-refractivity contribution in [1.29, 1.82) is 0 Å². The van der Waals surface area contributed by atoms with Gasteiger partial charge >= 0.3 is 5.97 Å². The minimum absolute atomic E-state index is 0.00652. The average molecular weight is 521 g/mol. The molecule has 1 amide bonds. The molecule has 1 aliphatic rings. The van der Waals surface area contributed by atoms with E-state index in [1.165, 1.54) is 11.8 Å². The van der Waals surface area contributed by atoms with Crippen LogP contribution in [-0.4, -0.2) is 48.6 Å². The Kier molecular flexibility index (Phi) is 8.92. The number of carboxylic acid groups (broad SMARTS) is 1. The van der Waals surface area contributed by atoms with Crippen LogP contribution in [0.15, 0.2) is 82.9 Å². The second-order valence-electron chi connectivity index (χ2n) is 8.46. The molecule has 0 radical (unpaired) electrons. The molecule has 1 aliphatic heterocycles. The number of aliphatic carboxylic acids is 1. The summed E-state index contributed by atoms with van der Waals surface area (Å²) in [6, 6.07) is 21.6. The van der Waals surface area contributed by atoms with Gasteiger partial charge in [-0.3, -0.25) is 4.79 Å². The summed E-state index contributed by atoms with van der Waals surface area (Å²) in [5.41, 5.74) is 3.23. The molecule has 0 bridgehead atoms. The largest absolute Gasteiger partial charge is 0.492 e. The number of amides is 1. The van der Waals surface area contributed by atoms with E-state index in [0.717, 1.165) is 27.3 Å². The molecule has 0 aliphatic carbocycles. The number of benzene rings is 3. The molecule has 3 aromatic rings. The maximum Gasteiger partial charge on any atom is 0.333 e. The summed E-state index contributed by atoms with van der Waals surface area (Å²) < 4.78 is 11.1.